The third-order valence-electron chi connectivity index (χ3n) is 4.49. The maximum atomic E-state index is 12.6. The van der Waals surface area contributed by atoms with Crippen molar-refractivity contribution in [2.24, 2.45) is 0 Å². The number of cyclic esters (lactones) is 1. The van der Waals surface area contributed by atoms with Crippen molar-refractivity contribution in [2.45, 2.75) is 6.04 Å². The molecule has 1 aliphatic rings. The van der Waals surface area contributed by atoms with Gasteiger partial charge in [-0.1, -0.05) is 66.7 Å². The predicted molar refractivity (Wildman–Crippen MR) is 100 cm³/mol. The minimum atomic E-state index is -0.605. The SMILES string of the molecule is O=C(C=Cc1ccc2ccccc2c1)N1C(=O)OCC1c1ccccc1. The Morgan fingerprint density at radius 2 is 1.69 bits per heavy atom. The Kier molecular flexibility index (Phi) is 4.23. The fourth-order valence-corrected chi connectivity index (χ4v) is 3.14. The zero-order chi connectivity index (χ0) is 17.9. The van der Waals surface area contributed by atoms with Crippen LogP contribution in [0.25, 0.3) is 16.8 Å². The van der Waals surface area contributed by atoms with Gasteiger partial charge in [0.1, 0.15) is 12.6 Å². The summed E-state index contributed by atoms with van der Waals surface area (Å²) < 4.78 is 5.10. The highest BCUT2D eigenvalue weighted by Crippen LogP contribution is 2.28. The molecule has 1 saturated heterocycles. The summed E-state index contributed by atoms with van der Waals surface area (Å²) in [6.45, 7) is 0.179. The van der Waals surface area contributed by atoms with Gasteiger partial charge in [0.2, 0.25) is 0 Å². The molecule has 1 aliphatic heterocycles. The van der Waals surface area contributed by atoms with Crippen LogP contribution in [0.2, 0.25) is 0 Å². The summed E-state index contributed by atoms with van der Waals surface area (Å²) in [7, 11) is 0. The highest BCUT2D eigenvalue weighted by Gasteiger charge is 2.37. The number of ether oxygens (including phenoxy) is 1. The van der Waals surface area contributed by atoms with Crippen LogP contribution in [0, 0.1) is 0 Å². The van der Waals surface area contributed by atoms with Gasteiger partial charge in [0.25, 0.3) is 5.91 Å². The smallest absolute Gasteiger partial charge is 0.417 e. The molecule has 1 fully saturated rings. The first-order chi connectivity index (χ1) is 12.7. The number of nitrogens with zero attached hydrogens (tertiary/aromatic N) is 1. The Morgan fingerprint density at radius 3 is 2.50 bits per heavy atom. The second-order valence-corrected chi connectivity index (χ2v) is 6.15. The van der Waals surface area contributed by atoms with Crippen molar-refractivity contribution in [3.05, 3.63) is 90.0 Å². The number of hydrogen-bond acceptors (Lipinski definition) is 3. The zero-order valence-corrected chi connectivity index (χ0v) is 14.0. The van der Waals surface area contributed by atoms with E-state index in [1.54, 1.807) is 6.08 Å². The lowest BCUT2D eigenvalue weighted by Gasteiger charge is -2.18. The summed E-state index contributed by atoms with van der Waals surface area (Å²) in [6.07, 6.45) is 2.54. The topological polar surface area (TPSA) is 46.6 Å². The highest BCUT2D eigenvalue weighted by atomic mass is 16.6. The number of carbonyl (C=O) groups excluding carboxylic acids is 2. The van der Waals surface area contributed by atoms with Crippen LogP contribution in [0.5, 0.6) is 0 Å². The second kappa shape index (κ2) is 6.84. The van der Waals surface area contributed by atoms with Gasteiger partial charge in [-0.2, -0.15) is 0 Å². The first-order valence-corrected chi connectivity index (χ1v) is 8.44. The van der Waals surface area contributed by atoms with Crippen LogP contribution in [-0.2, 0) is 9.53 Å². The van der Waals surface area contributed by atoms with Gasteiger partial charge in [0.05, 0.1) is 0 Å². The van der Waals surface area contributed by atoms with Crippen LogP contribution >= 0.6 is 0 Å². The Morgan fingerprint density at radius 1 is 0.962 bits per heavy atom. The average Bonchev–Trinajstić information content (AvgIpc) is 3.08. The van der Waals surface area contributed by atoms with E-state index >= 15 is 0 Å². The van der Waals surface area contributed by atoms with E-state index in [1.165, 1.54) is 11.0 Å². The lowest BCUT2D eigenvalue weighted by molar-refractivity contribution is -0.124. The Labute approximate surface area is 151 Å². The van der Waals surface area contributed by atoms with E-state index in [0.29, 0.717) is 0 Å². The van der Waals surface area contributed by atoms with Gasteiger partial charge in [-0.25, -0.2) is 9.69 Å². The molecule has 3 aromatic carbocycles. The molecule has 26 heavy (non-hydrogen) atoms. The van der Waals surface area contributed by atoms with Crippen molar-refractivity contribution in [3.8, 4) is 0 Å². The fraction of sp³-hybridized carbons (Fsp3) is 0.0909. The van der Waals surface area contributed by atoms with Crippen molar-refractivity contribution in [2.75, 3.05) is 6.61 Å². The van der Waals surface area contributed by atoms with E-state index in [4.69, 9.17) is 4.74 Å². The Hall–Kier alpha value is -3.40. The number of carbonyl (C=O) groups is 2. The molecule has 4 rings (SSSR count). The van der Waals surface area contributed by atoms with Gasteiger partial charge in [0, 0.05) is 6.08 Å². The van der Waals surface area contributed by atoms with Crippen LogP contribution in [0.15, 0.2) is 78.9 Å². The monoisotopic (exact) mass is 343 g/mol. The molecule has 0 aliphatic carbocycles. The molecule has 0 radical (unpaired) electrons. The normalized spacial score (nSPS) is 17.0. The maximum absolute atomic E-state index is 12.6. The van der Waals surface area contributed by atoms with E-state index in [9.17, 15) is 9.59 Å². The molecule has 4 heteroatoms. The molecule has 1 unspecified atom stereocenters. The molecule has 0 saturated carbocycles. The molecule has 128 valence electrons. The van der Waals surface area contributed by atoms with Crippen LogP contribution in [0.4, 0.5) is 4.79 Å². The van der Waals surface area contributed by atoms with Gasteiger partial charge >= 0.3 is 6.09 Å². The minimum absolute atomic E-state index is 0.179. The molecular formula is C22H17NO3. The molecule has 1 heterocycles. The number of hydrogen-bond donors (Lipinski definition) is 0. The van der Waals surface area contributed by atoms with E-state index in [1.807, 2.05) is 72.8 Å². The van der Waals surface area contributed by atoms with Crippen molar-refractivity contribution in [3.63, 3.8) is 0 Å². The molecule has 0 aromatic heterocycles. The number of imide groups is 1. The third kappa shape index (κ3) is 3.09. The summed E-state index contributed by atoms with van der Waals surface area (Å²) in [5.74, 6) is -0.380. The number of amides is 2. The second-order valence-electron chi connectivity index (χ2n) is 6.15. The van der Waals surface area contributed by atoms with Crippen LogP contribution in [-0.4, -0.2) is 23.5 Å². The minimum Gasteiger partial charge on any atom is -0.446 e. The first-order valence-electron chi connectivity index (χ1n) is 8.44. The molecule has 3 aromatic rings. The quantitative estimate of drug-likeness (QED) is 0.654. The largest absolute Gasteiger partial charge is 0.446 e. The van der Waals surface area contributed by atoms with Crippen LogP contribution in [0.1, 0.15) is 17.2 Å². The molecule has 1 atom stereocenters. The molecule has 4 nitrogen and oxygen atoms in total. The standard InChI is InChI=1S/C22H17NO3/c24-21(13-11-16-10-12-17-6-4-5-9-19(17)14-16)23-20(15-26-22(23)25)18-7-2-1-3-8-18/h1-14,20H,15H2. The van der Waals surface area contributed by atoms with Crippen molar-refractivity contribution in [1.29, 1.82) is 0 Å². The van der Waals surface area contributed by atoms with Crippen molar-refractivity contribution in [1.82, 2.24) is 4.90 Å². The molecule has 0 N–H and O–H groups in total. The van der Waals surface area contributed by atoms with Crippen molar-refractivity contribution < 1.29 is 14.3 Å². The lowest BCUT2D eigenvalue weighted by Crippen LogP contribution is -2.32. The van der Waals surface area contributed by atoms with E-state index < -0.39 is 12.1 Å². The van der Waals surface area contributed by atoms with Crippen LogP contribution < -0.4 is 0 Å². The summed E-state index contributed by atoms with van der Waals surface area (Å²) in [4.78, 5) is 25.8. The molecule has 0 bridgehead atoms. The number of benzene rings is 3. The van der Waals surface area contributed by atoms with Gasteiger partial charge in [0.15, 0.2) is 0 Å². The van der Waals surface area contributed by atoms with Gasteiger partial charge < -0.3 is 4.74 Å². The average molecular weight is 343 g/mol. The molecule has 0 spiro atoms. The number of fused-ring (bicyclic) bond motifs is 1. The first kappa shape index (κ1) is 16.1. The van der Waals surface area contributed by atoms with Gasteiger partial charge in [-0.05, 0) is 34.0 Å². The van der Waals surface area contributed by atoms with E-state index in [-0.39, 0.29) is 12.5 Å². The summed E-state index contributed by atoms with van der Waals surface area (Å²) in [5.41, 5.74) is 1.78. The van der Waals surface area contributed by atoms with Crippen LogP contribution in [0.3, 0.4) is 0 Å². The summed E-state index contributed by atoms with van der Waals surface area (Å²) in [6, 6.07) is 23.0. The maximum Gasteiger partial charge on any atom is 0.417 e. The highest BCUT2D eigenvalue weighted by molar-refractivity contribution is 6.02. The van der Waals surface area contributed by atoms with Crippen molar-refractivity contribution >= 4 is 28.8 Å². The zero-order valence-electron chi connectivity index (χ0n) is 14.0. The summed E-state index contributed by atoms with van der Waals surface area (Å²) in [5, 5.41) is 2.24. The third-order valence-corrected chi connectivity index (χ3v) is 4.49. The lowest BCUT2D eigenvalue weighted by atomic mass is 10.1. The molecule has 2 amide bonds. The molecular weight excluding hydrogens is 326 g/mol. The number of rotatable bonds is 3. The summed E-state index contributed by atoms with van der Waals surface area (Å²) >= 11 is 0. The van der Waals surface area contributed by atoms with Gasteiger partial charge in [-0.3, -0.25) is 4.79 Å². The van der Waals surface area contributed by atoms with E-state index in [0.717, 1.165) is 21.9 Å². The predicted octanol–water partition coefficient (Wildman–Crippen LogP) is 4.57. The van der Waals surface area contributed by atoms with Gasteiger partial charge in [-0.15, -0.1) is 0 Å². The Balaban J connectivity index is 1.57. The Bertz CT molecular complexity index is 994. The fourth-order valence-electron chi connectivity index (χ4n) is 3.14. The van der Waals surface area contributed by atoms with E-state index in [2.05, 4.69) is 0 Å².